The fourth-order valence-corrected chi connectivity index (χ4v) is 3.01. The number of anilines is 2. The summed E-state index contributed by atoms with van der Waals surface area (Å²) in [5, 5.41) is 3.33. The molecule has 20 heavy (non-hydrogen) atoms. The van der Waals surface area contributed by atoms with Crippen molar-refractivity contribution in [2.45, 2.75) is 45.2 Å². The second-order valence-corrected chi connectivity index (χ2v) is 6.00. The molecule has 1 aromatic carbocycles. The van der Waals surface area contributed by atoms with Crippen LogP contribution in [-0.2, 0) is 4.79 Å². The number of amides is 1. The van der Waals surface area contributed by atoms with Crippen molar-refractivity contribution >= 4 is 28.9 Å². The number of nitrogen functional groups attached to an aromatic ring is 1. The molecule has 1 fully saturated rings. The first kappa shape index (κ1) is 15.1. The van der Waals surface area contributed by atoms with Crippen LogP contribution in [0.2, 0.25) is 5.02 Å². The number of benzene rings is 1. The maximum absolute atomic E-state index is 12.2. The van der Waals surface area contributed by atoms with Gasteiger partial charge in [-0.15, -0.1) is 0 Å². The number of halogens is 1. The van der Waals surface area contributed by atoms with E-state index >= 15 is 0 Å². The van der Waals surface area contributed by atoms with Gasteiger partial charge in [0.1, 0.15) is 0 Å². The highest BCUT2D eigenvalue weighted by Gasteiger charge is 2.26. The van der Waals surface area contributed by atoms with E-state index in [1.54, 1.807) is 18.2 Å². The quantitative estimate of drug-likeness (QED) is 0.842. The molecule has 5 heteroatoms. The number of hydrogen-bond donors (Lipinski definition) is 2. The number of nitrogens with two attached hydrogens (primary N) is 1. The normalized spacial score (nSPS) is 23.6. The Morgan fingerprint density at radius 3 is 2.65 bits per heavy atom. The van der Waals surface area contributed by atoms with Crippen LogP contribution in [0.15, 0.2) is 18.2 Å². The summed E-state index contributed by atoms with van der Waals surface area (Å²) in [6.45, 7) is 4.77. The molecule has 110 valence electrons. The monoisotopic (exact) mass is 295 g/mol. The van der Waals surface area contributed by atoms with Crippen molar-refractivity contribution in [2.24, 2.45) is 0 Å². The molecular weight excluding hydrogens is 274 g/mol. The van der Waals surface area contributed by atoms with Crippen LogP contribution in [0.4, 0.5) is 11.4 Å². The molecule has 3 N–H and O–H groups in total. The third-order valence-electron chi connectivity index (χ3n) is 3.97. The van der Waals surface area contributed by atoms with Crippen LogP contribution in [0, 0.1) is 0 Å². The third-order valence-corrected chi connectivity index (χ3v) is 4.28. The van der Waals surface area contributed by atoms with E-state index in [-0.39, 0.29) is 5.91 Å². The lowest BCUT2D eigenvalue weighted by atomic mass is 9.97. The topological polar surface area (TPSA) is 58.4 Å². The van der Waals surface area contributed by atoms with Crippen LogP contribution in [-0.4, -0.2) is 29.4 Å². The fourth-order valence-electron chi connectivity index (χ4n) is 2.77. The lowest BCUT2D eigenvalue weighted by Gasteiger charge is -2.38. The lowest BCUT2D eigenvalue weighted by molar-refractivity contribution is -0.118. The average Bonchev–Trinajstić information content (AvgIpc) is 2.37. The predicted octanol–water partition coefficient (Wildman–Crippen LogP) is 3.12. The average molecular weight is 296 g/mol. The fraction of sp³-hybridized carbons (Fsp3) is 0.533. The number of rotatable bonds is 3. The summed E-state index contributed by atoms with van der Waals surface area (Å²) < 4.78 is 0. The Morgan fingerprint density at radius 2 is 2.05 bits per heavy atom. The molecule has 0 saturated carbocycles. The highest BCUT2D eigenvalue weighted by atomic mass is 35.5. The molecular formula is C15H22ClN3O. The van der Waals surface area contributed by atoms with Gasteiger partial charge in [-0.1, -0.05) is 18.0 Å². The van der Waals surface area contributed by atoms with Crippen molar-refractivity contribution in [2.75, 3.05) is 17.6 Å². The molecule has 1 heterocycles. The van der Waals surface area contributed by atoms with Gasteiger partial charge in [0, 0.05) is 17.8 Å². The molecule has 1 saturated heterocycles. The van der Waals surface area contributed by atoms with E-state index < -0.39 is 0 Å². The zero-order valence-electron chi connectivity index (χ0n) is 12.0. The molecule has 2 rings (SSSR count). The second kappa shape index (κ2) is 6.46. The molecule has 1 aliphatic heterocycles. The Kier molecular flexibility index (Phi) is 4.89. The highest BCUT2D eigenvalue weighted by Crippen LogP contribution is 2.25. The molecule has 1 aliphatic rings. The van der Waals surface area contributed by atoms with Crippen LogP contribution in [0.5, 0.6) is 0 Å². The first-order valence-electron chi connectivity index (χ1n) is 7.08. The van der Waals surface area contributed by atoms with Crippen molar-refractivity contribution in [1.82, 2.24) is 4.90 Å². The van der Waals surface area contributed by atoms with E-state index in [0.717, 1.165) is 12.8 Å². The zero-order valence-corrected chi connectivity index (χ0v) is 12.8. The summed E-state index contributed by atoms with van der Waals surface area (Å²) in [5.41, 5.74) is 6.84. The van der Waals surface area contributed by atoms with E-state index in [4.69, 9.17) is 17.3 Å². The maximum atomic E-state index is 12.2. The van der Waals surface area contributed by atoms with Gasteiger partial charge >= 0.3 is 0 Å². The van der Waals surface area contributed by atoms with Gasteiger partial charge in [0.25, 0.3) is 0 Å². The Balaban J connectivity index is 1.98. The summed E-state index contributed by atoms with van der Waals surface area (Å²) in [7, 11) is 0. The molecule has 1 aromatic rings. The molecule has 0 radical (unpaired) electrons. The summed E-state index contributed by atoms with van der Waals surface area (Å²) in [6, 6.07) is 6.01. The molecule has 4 nitrogen and oxygen atoms in total. The van der Waals surface area contributed by atoms with Gasteiger partial charge in [0.05, 0.1) is 17.3 Å². The van der Waals surface area contributed by atoms with Crippen molar-refractivity contribution in [3.63, 3.8) is 0 Å². The molecule has 0 unspecified atom stereocenters. The Labute approximate surface area is 125 Å². The SMILES string of the molecule is C[C@@H]1CCC[C@H](C)N1CC(=O)Nc1ccc(N)cc1Cl. The first-order chi connectivity index (χ1) is 9.47. The lowest BCUT2D eigenvalue weighted by Crippen LogP contribution is -2.47. The van der Waals surface area contributed by atoms with E-state index in [1.165, 1.54) is 6.42 Å². The van der Waals surface area contributed by atoms with E-state index in [1.807, 2.05) is 0 Å². The summed E-state index contributed by atoms with van der Waals surface area (Å²) in [5.74, 6) is -0.0303. The van der Waals surface area contributed by atoms with Crippen molar-refractivity contribution in [3.8, 4) is 0 Å². The summed E-state index contributed by atoms with van der Waals surface area (Å²) >= 11 is 6.07. The van der Waals surface area contributed by atoms with Gasteiger partial charge in [-0.3, -0.25) is 9.69 Å². The molecule has 1 amide bonds. The van der Waals surface area contributed by atoms with E-state index in [2.05, 4.69) is 24.1 Å². The zero-order chi connectivity index (χ0) is 14.7. The maximum Gasteiger partial charge on any atom is 0.238 e. The van der Waals surface area contributed by atoms with Crippen LogP contribution in [0.3, 0.4) is 0 Å². The Hall–Kier alpha value is -1.26. The predicted molar refractivity (Wildman–Crippen MR) is 84.0 cm³/mol. The Morgan fingerprint density at radius 1 is 1.40 bits per heavy atom. The van der Waals surface area contributed by atoms with Gasteiger partial charge < -0.3 is 11.1 Å². The van der Waals surface area contributed by atoms with Crippen LogP contribution in [0.1, 0.15) is 33.1 Å². The van der Waals surface area contributed by atoms with Gasteiger partial charge in [-0.2, -0.15) is 0 Å². The van der Waals surface area contributed by atoms with Crippen LogP contribution >= 0.6 is 11.6 Å². The minimum atomic E-state index is -0.0303. The highest BCUT2D eigenvalue weighted by molar-refractivity contribution is 6.34. The minimum absolute atomic E-state index is 0.0303. The molecule has 0 bridgehead atoms. The number of carbonyl (C=O) groups is 1. The molecule has 0 spiro atoms. The number of hydrogen-bond acceptors (Lipinski definition) is 3. The Bertz CT molecular complexity index is 482. The van der Waals surface area contributed by atoms with Gasteiger partial charge in [0.15, 0.2) is 0 Å². The number of carbonyl (C=O) groups excluding carboxylic acids is 1. The van der Waals surface area contributed by atoms with Gasteiger partial charge in [-0.05, 0) is 44.9 Å². The number of likely N-dealkylation sites (tertiary alicyclic amines) is 1. The van der Waals surface area contributed by atoms with Crippen molar-refractivity contribution < 1.29 is 4.79 Å². The third kappa shape index (κ3) is 3.64. The smallest absolute Gasteiger partial charge is 0.238 e. The number of nitrogens with one attached hydrogen (secondary N) is 1. The van der Waals surface area contributed by atoms with E-state index in [9.17, 15) is 4.79 Å². The van der Waals surface area contributed by atoms with Gasteiger partial charge in [0.2, 0.25) is 5.91 Å². The summed E-state index contributed by atoms with van der Waals surface area (Å²) in [6.07, 6.45) is 3.55. The number of piperidine rings is 1. The van der Waals surface area contributed by atoms with Crippen molar-refractivity contribution in [3.05, 3.63) is 23.2 Å². The van der Waals surface area contributed by atoms with Crippen LogP contribution < -0.4 is 11.1 Å². The number of nitrogens with zero attached hydrogens (tertiary/aromatic N) is 1. The molecule has 2 atom stereocenters. The van der Waals surface area contributed by atoms with Gasteiger partial charge in [-0.25, -0.2) is 0 Å². The minimum Gasteiger partial charge on any atom is -0.399 e. The standard InChI is InChI=1S/C15H22ClN3O/c1-10-4-3-5-11(2)19(10)9-15(20)18-14-7-6-12(17)8-13(14)16/h6-8,10-11H,3-5,9,17H2,1-2H3,(H,18,20)/t10-,11+. The van der Waals surface area contributed by atoms with Crippen LogP contribution in [0.25, 0.3) is 0 Å². The largest absolute Gasteiger partial charge is 0.399 e. The first-order valence-corrected chi connectivity index (χ1v) is 7.46. The van der Waals surface area contributed by atoms with Crippen molar-refractivity contribution in [1.29, 1.82) is 0 Å². The molecule has 0 aromatic heterocycles. The summed E-state index contributed by atoms with van der Waals surface area (Å²) in [4.78, 5) is 14.4. The second-order valence-electron chi connectivity index (χ2n) is 5.59. The van der Waals surface area contributed by atoms with E-state index in [0.29, 0.717) is 35.0 Å². The molecule has 0 aliphatic carbocycles.